The number of aliphatic imine (C=N–C) groups is 1. The molecule has 0 bridgehead atoms. The number of hydrogen-bond donors (Lipinski definition) is 3. The van der Waals surface area contributed by atoms with Crippen LogP contribution < -0.4 is 16.8 Å². The number of ketones is 1. The van der Waals surface area contributed by atoms with Gasteiger partial charge in [0.25, 0.3) is 0 Å². The van der Waals surface area contributed by atoms with E-state index in [0.29, 0.717) is 41.9 Å². The highest BCUT2D eigenvalue weighted by Crippen LogP contribution is 2.42. The van der Waals surface area contributed by atoms with Crippen molar-refractivity contribution in [2.75, 3.05) is 26.7 Å². The van der Waals surface area contributed by atoms with Crippen molar-refractivity contribution in [3.8, 4) is 0 Å². The van der Waals surface area contributed by atoms with E-state index in [9.17, 15) is 4.79 Å². The average Bonchev–Trinajstić information content (AvgIpc) is 3.21. The molecule has 3 rings (SSSR count). The van der Waals surface area contributed by atoms with Crippen LogP contribution in [0.25, 0.3) is 0 Å². The van der Waals surface area contributed by atoms with Crippen molar-refractivity contribution < 1.29 is 9.53 Å². The third-order valence-electron chi connectivity index (χ3n) is 6.34. The van der Waals surface area contributed by atoms with Crippen LogP contribution in [0, 0.1) is 12.8 Å². The van der Waals surface area contributed by atoms with Gasteiger partial charge in [-0.3, -0.25) is 9.79 Å². The largest absolute Gasteiger partial charge is 0.404 e. The van der Waals surface area contributed by atoms with E-state index in [0.717, 1.165) is 42.5 Å². The molecule has 174 valence electrons. The Hall–Kier alpha value is -2.22. The normalized spacial score (nSPS) is 20.3. The monoisotopic (exact) mass is 456 g/mol. The number of nitrogens with zero attached hydrogens (tertiary/aromatic N) is 1. The molecule has 1 aliphatic heterocycles. The molecule has 2 atom stereocenters. The van der Waals surface area contributed by atoms with Crippen LogP contribution in [0.5, 0.6) is 0 Å². The molecule has 6 nitrogen and oxygen atoms in total. The minimum atomic E-state index is -0.116. The van der Waals surface area contributed by atoms with E-state index >= 15 is 0 Å². The second-order valence-corrected chi connectivity index (χ2v) is 9.55. The summed E-state index contributed by atoms with van der Waals surface area (Å²) in [5, 5.41) is 3.28. The lowest BCUT2D eigenvalue weighted by Gasteiger charge is -2.30. The van der Waals surface area contributed by atoms with E-state index in [1.54, 1.807) is 7.05 Å². The summed E-state index contributed by atoms with van der Waals surface area (Å²) in [6.07, 6.45) is 10.9. The van der Waals surface area contributed by atoms with Gasteiger partial charge in [0.2, 0.25) is 5.78 Å². The second-order valence-electron chi connectivity index (χ2n) is 8.30. The maximum Gasteiger partial charge on any atom is 0.208 e. The van der Waals surface area contributed by atoms with Gasteiger partial charge in [0, 0.05) is 24.7 Å². The first-order valence-corrected chi connectivity index (χ1v) is 12.3. The van der Waals surface area contributed by atoms with Gasteiger partial charge >= 0.3 is 0 Å². The number of carbonyl (C=O) groups excluding carboxylic acids is 1. The van der Waals surface area contributed by atoms with Gasteiger partial charge in [0.15, 0.2) is 0 Å². The third-order valence-corrected chi connectivity index (χ3v) is 7.40. The molecule has 1 fully saturated rings. The fourth-order valence-electron chi connectivity index (χ4n) is 4.34. The highest BCUT2D eigenvalue weighted by molar-refractivity contribution is 7.14. The van der Waals surface area contributed by atoms with E-state index in [2.05, 4.69) is 36.3 Å². The van der Waals surface area contributed by atoms with E-state index in [-0.39, 0.29) is 11.9 Å². The molecular formula is C25H36N4O2S. The quantitative estimate of drug-likeness (QED) is 0.224. The lowest BCUT2D eigenvalue weighted by Crippen LogP contribution is -2.32. The van der Waals surface area contributed by atoms with Gasteiger partial charge in [-0.2, -0.15) is 0 Å². The lowest BCUT2D eigenvalue weighted by molar-refractivity contribution is 0.0658. The first kappa shape index (κ1) is 24.4. The van der Waals surface area contributed by atoms with Gasteiger partial charge in [-0.15, -0.1) is 11.3 Å². The number of allylic oxidation sites excluding steroid dienone is 2. The Kier molecular flexibility index (Phi) is 8.84. The molecule has 7 heteroatoms. The van der Waals surface area contributed by atoms with Crippen LogP contribution in [-0.4, -0.2) is 38.4 Å². The molecule has 1 aromatic rings. The molecule has 5 N–H and O–H groups in total. The summed E-state index contributed by atoms with van der Waals surface area (Å²) >= 11 is 1.49. The van der Waals surface area contributed by atoms with Crippen LogP contribution in [0.15, 0.2) is 46.1 Å². The number of hydrogen-bond acceptors (Lipinski definition) is 6. The summed E-state index contributed by atoms with van der Waals surface area (Å²) in [7, 11) is 1.67. The van der Waals surface area contributed by atoms with Crippen molar-refractivity contribution in [3.05, 3.63) is 56.5 Å². The minimum absolute atomic E-state index is 0.0990. The Morgan fingerprint density at radius 1 is 1.41 bits per heavy atom. The fourth-order valence-corrected chi connectivity index (χ4v) is 5.34. The number of Topliss-reactive ketones (excluding diaryl/α,β-unsaturated/α-hetero) is 1. The fraction of sp³-hybridized carbons (Fsp3) is 0.520. The molecule has 0 radical (unpaired) electrons. The van der Waals surface area contributed by atoms with Crippen LogP contribution in [0.3, 0.4) is 0 Å². The lowest BCUT2D eigenvalue weighted by atomic mass is 9.86. The maximum absolute atomic E-state index is 13.4. The van der Waals surface area contributed by atoms with Crippen molar-refractivity contribution >= 4 is 23.0 Å². The van der Waals surface area contributed by atoms with Crippen LogP contribution in [0.1, 0.15) is 65.2 Å². The number of fused-ring (bicyclic) bond motifs is 1. The number of amidine groups is 1. The summed E-state index contributed by atoms with van der Waals surface area (Å²) in [5.41, 5.74) is 15.8. The Labute approximate surface area is 195 Å². The van der Waals surface area contributed by atoms with Crippen molar-refractivity contribution in [3.63, 3.8) is 0 Å². The van der Waals surface area contributed by atoms with Gasteiger partial charge in [-0.25, -0.2) is 0 Å². The Morgan fingerprint density at radius 3 is 2.88 bits per heavy atom. The van der Waals surface area contributed by atoms with Crippen molar-refractivity contribution in [2.24, 2.45) is 22.4 Å². The van der Waals surface area contributed by atoms with E-state index < -0.39 is 0 Å². The first-order chi connectivity index (χ1) is 15.5. The second kappa shape index (κ2) is 11.6. The number of aryl methyl sites for hydroxylation is 1. The Morgan fingerprint density at radius 2 is 2.19 bits per heavy atom. The predicted molar refractivity (Wildman–Crippen MR) is 133 cm³/mol. The van der Waals surface area contributed by atoms with Gasteiger partial charge in [-0.05, 0) is 67.8 Å². The number of thiophene rings is 1. The van der Waals surface area contributed by atoms with Crippen molar-refractivity contribution in [1.82, 2.24) is 5.32 Å². The summed E-state index contributed by atoms with van der Waals surface area (Å²) in [4.78, 5) is 19.4. The smallest absolute Gasteiger partial charge is 0.208 e. The molecule has 2 unspecified atom stereocenters. The standard InChI is InChI=1S/C25H36N4O2S/c1-4-17(14-26)9-11-29-25(28-3)21(15-27)23(30)22-13-20(16(2)32-22)24-19-8-6-5-7-18(19)10-12-31-24/h7-8,13,15,17,24H,4-6,9-12,14,26-27H2,1-3H3,(H,28,29)/b21-15-. The predicted octanol–water partition coefficient (Wildman–Crippen LogP) is 4.18. The van der Waals surface area contributed by atoms with Gasteiger partial charge in [0.05, 0.1) is 17.1 Å². The molecule has 1 aromatic heterocycles. The molecule has 0 saturated carbocycles. The number of carbonyl (C=O) groups is 1. The Balaban J connectivity index is 1.76. The van der Waals surface area contributed by atoms with E-state index in [1.807, 2.05) is 6.07 Å². The topological polar surface area (TPSA) is 103 Å². The van der Waals surface area contributed by atoms with Crippen molar-refractivity contribution in [2.45, 2.75) is 52.1 Å². The Bertz CT molecular complexity index is 938. The number of rotatable bonds is 9. The summed E-state index contributed by atoms with van der Waals surface area (Å²) < 4.78 is 6.16. The SMILES string of the molecule is CCC(CN)CCNC(=NC)/C(=C\N)C(=O)c1cc(C2OCCC3=CCCC=C32)c(C)s1. The zero-order valence-corrected chi connectivity index (χ0v) is 20.3. The molecule has 1 aliphatic carbocycles. The van der Waals surface area contributed by atoms with Gasteiger partial charge in [-0.1, -0.05) is 25.5 Å². The van der Waals surface area contributed by atoms with E-state index in [4.69, 9.17) is 16.2 Å². The zero-order valence-electron chi connectivity index (χ0n) is 19.4. The molecule has 2 aliphatic rings. The van der Waals surface area contributed by atoms with Crippen molar-refractivity contribution in [1.29, 1.82) is 0 Å². The van der Waals surface area contributed by atoms with Gasteiger partial charge < -0.3 is 21.5 Å². The van der Waals surface area contributed by atoms with Gasteiger partial charge in [0.1, 0.15) is 11.9 Å². The molecule has 0 amide bonds. The summed E-state index contributed by atoms with van der Waals surface area (Å²) in [6.45, 7) is 6.25. The third kappa shape index (κ3) is 5.39. The molecule has 32 heavy (non-hydrogen) atoms. The number of ether oxygens (including phenoxy) is 1. The minimum Gasteiger partial charge on any atom is -0.404 e. The number of nitrogens with one attached hydrogen (secondary N) is 1. The summed E-state index contributed by atoms with van der Waals surface area (Å²) in [6, 6.07) is 1.98. The first-order valence-electron chi connectivity index (χ1n) is 11.5. The molecule has 0 spiro atoms. The van der Waals surface area contributed by atoms with E-state index in [1.165, 1.54) is 28.7 Å². The highest BCUT2D eigenvalue weighted by atomic mass is 32.1. The molecule has 1 saturated heterocycles. The van der Waals surface area contributed by atoms with Crippen LogP contribution >= 0.6 is 11.3 Å². The molecule has 2 heterocycles. The molecule has 0 aromatic carbocycles. The zero-order chi connectivity index (χ0) is 23.1. The van der Waals surface area contributed by atoms with Crippen LogP contribution in [0.2, 0.25) is 0 Å². The van der Waals surface area contributed by atoms with Crippen LogP contribution in [-0.2, 0) is 4.74 Å². The number of nitrogens with two attached hydrogens (primary N) is 2. The summed E-state index contributed by atoms with van der Waals surface area (Å²) in [5.74, 6) is 0.855. The molecular weight excluding hydrogens is 420 g/mol. The maximum atomic E-state index is 13.4. The average molecular weight is 457 g/mol. The van der Waals surface area contributed by atoms with Crippen LogP contribution in [0.4, 0.5) is 0 Å². The highest BCUT2D eigenvalue weighted by Gasteiger charge is 2.30.